The number of ether oxygens (including phenoxy) is 4. The molecular weight excluding hydrogens is 442 g/mol. The number of morpholine rings is 1. The maximum atomic E-state index is 12.6. The summed E-state index contributed by atoms with van der Waals surface area (Å²) in [5, 5.41) is 2.76. The number of benzene rings is 1. The van der Waals surface area contributed by atoms with Gasteiger partial charge in [-0.25, -0.2) is 0 Å². The van der Waals surface area contributed by atoms with Gasteiger partial charge in [0.15, 0.2) is 6.61 Å². The van der Waals surface area contributed by atoms with Crippen LogP contribution in [0.25, 0.3) is 0 Å². The van der Waals surface area contributed by atoms with Crippen LogP contribution >= 0.6 is 0 Å². The van der Waals surface area contributed by atoms with Crippen molar-refractivity contribution in [2.24, 2.45) is 5.92 Å². The Labute approximate surface area is 200 Å². The van der Waals surface area contributed by atoms with Crippen molar-refractivity contribution < 1.29 is 33.3 Å². The van der Waals surface area contributed by atoms with Gasteiger partial charge >= 0.3 is 5.97 Å². The Morgan fingerprint density at radius 2 is 1.79 bits per heavy atom. The molecule has 1 atom stereocenters. The van der Waals surface area contributed by atoms with Crippen molar-refractivity contribution in [2.75, 3.05) is 62.9 Å². The number of nitrogens with one attached hydrogen (secondary N) is 1. The second-order valence-electron chi connectivity index (χ2n) is 8.48. The molecule has 3 rings (SSSR count). The van der Waals surface area contributed by atoms with E-state index in [4.69, 9.17) is 18.9 Å². The van der Waals surface area contributed by atoms with E-state index in [-0.39, 0.29) is 18.4 Å². The van der Waals surface area contributed by atoms with Crippen LogP contribution in [0, 0.1) is 5.92 Å². The number of anilines is 2. The molecule has 2 fully saturated rings. The Bertz CT molecular complexity index is 884. The molecule has 2 aliphatic heterocycles. The second-order valence-corrected chi connectivity index (χ2v) is 8.48. The number of carbonyl (C=O) groups excluding carboxylic acids is 3. The maximum Gasteiger partial charge on any atom is 0.311 e. The molecule has 188 valence electrons. The molecule has 0 saturated carbocycles. The molecule has 1 unspecified atom stereocenters. The van der Waals surface area contributed by atoms with Gasteiger partial charge in [-0.2, -0.15) is 0 Å². The van der Waals surface area contributed by atoms with E-state index in [9.17, 15) is 14.4 Å². The van der Waals surface area contributed by atoms with Crippen molar-refractivity contribution in [3.63, 3.8) is 0 Å². The summed E-state index contributed by atoms with van der Waals surface area (Å²) in [6, 6.07) is 3.60. The van der Waals surface area contributed by atoms with Crippen molar-refractivity contribution in [3.05, 3.63) is 12.1 Å². The topological polar surface area (TPSA) is 107 Å². The number of hydrogen-bond donors (Lipinski definition) is 1. The molecule has 0 bridgehead atoms. The van der Waals surface area contributed by atoms with Crippen molar-refractivity contribution in [1.82, 2.24) is 4.90 Å². The van der Waals surface area contributed by atoms with E-state index in [1.165, 1.54) is 0 Å². The van der Waals surface area contributed by atoms with Gasteiger partial charge in [0.1, 0.15) is 11.5 Å². The number of carbonyl (C=O) groups is 3. The highest BCUT2D eigenvalue weighted by atomic mass is 16.5. The first-order chi connectivity index (χ1) is 16.3. The van der Waals surface area contributed by atoms with Crippen molar-refractivity contribution >= 4 is 29.2 Å². The third kappa shape index (κ3) is 6.31. The minimum Gasteiger partial charge on any atom is -0.492 e. The molecular formula is C24H35N3O7. The molecule has 1 N–H and O–H groups in total. The van der Waals surface area contributed by atoms with Gasteiger partial charge in [0.2, 0.25) is 5.91 Å². The summed E-state index contributed by atoms with van der Waals surface area (Å²) in [6.45, 7) is 11.0. The van der Waals surface area contributed by atoms with Gasteiger partial charge < -0.3 is 34.1 Å². The van der Waals surface area contributed by atoms with Crippen molar-refractivity contribution in [2.45, 2.75) is 40.2 Å². The normalized spacial score (nSPS) is 18.3. The Morgan fingerprint density at radius 1 is 1.12 bits per heavy atom. The number of esters is 1. The van der Waals surface area contributed by atoms with E-state index < -0.39 is 24.4 Å². The van der Waals surface area contributed by atoms with Crippen molar-refractivity contribution in [3.8, 4) is 11.5 Å². The molecule has 10 nitrogen and oxygen atoms in total. The molecule has 0 spiro atoms. The molecule has 0 aliphatic carbocycles. The fourth-order valence-electron chi connectivity index (χ4n) is 4.07. The van der Waals surface area contributed by atoms with E-state index in [2.05, 4.69) is 10.2 Å². The molecule has 1 aromatic carbocycles. The standard InChI is InChI=1S/C24H35N3O7/c1-5-32-20-13-19(26-7-9-31-10-8-26)21(33-6-2)12-18(20)25-22(28)15-34-24(30)17-11-23(29)27(14-17)16(3)4/h12-13,16-17H,5-11,14-15H2,1-4H3,(H,25,28). The summed E-state index contributed by atoms with van der Waals surface area (Å²) in [7, 11) is 0. The first-order valence-corrected chi connectivity index (χ1v) is 11.9. The minimum absolute atomic E-state index is 0.0190. The summed E-state index contributed by atoms with van der Waals surface area (Å²) in [6.07, 6.45) is 0.105. The Hall–Kier alpha value is -3.01. The van der Waals surface area contributed by atoms with Gasteiger partial charge in [-0.3, -0.25) is 14.4 Å². The smallest absolute Gasteiger partial charge is 0.311 e. The van der Waals surface area contributed by atoms with Gasteiger partial charge in [-0.1, -0.05) is 0 Å². The average Bonchev–Trinajstić information content (AvgIpc) is 3.22. The predicted octanol–water partition coefficient (Wildman–Crippen LogP) is 2.06. The monoisotopic (exact) mass is 477 g/mol. The second kappa shape index (κ2) is 11.9. The van der Waals surface area contributed by atoms with E-state index >= 15 is 0 Å². The molecule has 34 heavy (non-hydrogen) atoms. The molecule has 10 heteroatoms. The zero-order chi connectivity index (χ0) is 24.7. The van der Waals surface area contributed by atoms with Gasteiger partial charge in [0.05, 0.1) is 43.7 Å². The lowest BCUT2D eigenvalue weighted by Gasteiger charge is -2.31. The van der Waals surface area contributed by atoms with Crippen LogP contribution in [-0.2, 0) is 23.9 Å². The number of amides is 2. The van der Waals surface area contributed by atoms with Crippen LogP contribution in [0.15, 0.2) is 12.1 Å². The Morgan fingerprint density at radius 3 is 2.41 bits per heavy atom. The number of rotatable bonds is 10. The summed E-state index contributed by atoms with van der Waals surface area (Å²) >= 11 is 0. The maximum absolute atomic E-state index is 12.6. The largest absolute Gasteiger partial charge is 0.492 e. The summed E-state index contributed by atoms with van der Waals surface area (Å²) in [5.74, 6) is -0.555. The number of hydrogen-bond acceptors (Lipinski definition) is 8. The van der Waals surface area contributed by atoms with E-state index in [1.807, 2.05) is 33.8 Å². The number of likely N-dealkylation sites (tertiary alicyclic amines) is 1. The quantitative estimate of drug-likeness (QED) is 0.511. The van der Waals surface area contributed by atoms with Crippen LogP contribution < -0.4 is 19.7 Å². The van der Waals surface area contributed by atoms with E-state index in [1.54, 1.807) is 11.0 Å². The zero-order valence-electron chi connectivity index (χ0n) is 20.4. The predicted molar refractivity (Wildman–Crippen MR) is 126 cm³/mol. The molecule has 2 aliphatic rings. The lowest BCUT2D eigenvalue weighted by Crippen LogP contribution is -2.36. The molecule has 0 radical (unpaired) electrons. The van der Waals surface area contributed by atoms with E-state index in [0.29, 0.717) is 50.2 Å². The molecule has 2 heterocycles. The van der Waals surface area contributed by atoms with Crippen LogP contribution in [-0.4, -0.2) is 81.4 Å². The Balaban J connectivity index is 1.67. The highest BCUT2D eigenvalue weighted by molar-refractivity contribution is 5.95. The van der Waals surface area contributed by atoms with Gasteiger partial charge in [-0.05, 0) is 27.7 Å². The summed E-state index contributed by atoms with van der Waals surface area (Å²) in [5.41, 5.74) is 1.31. The first-order valence-electron chi connectivity index (χ1n) is 11.9. The van der Waals surface area contributed by atoms with Gasteiger partial charge in [0, 0.05) is 44.2 Å². The molecule has 2 amide bonds. The van der Waals surface area contributed by atoms with Crippen LogP contribution in [0.1, 0.15) is 34.1 Å². The SMILES string of the molecule is CCOc1cc(N2CCOCC2)c(OCC)cc1NC(=O)COC(=O)C1CC(=O)N(C(C)C)C1. The van der Waals surface area contributed by atoms with Crippen LogP contribution in [0.3, 0.4) is 0 Å². The van der Waals surface area contributed by atoms with Crippen LogP contribution in [0.4, 0.5) is 11.4 Å². The summed E-state index contributed by atoms with van der Waals surface area (Å²) in [4.78, 5) is 40.8. The first kappa shape index (κ1) is 25.6. The number of nitrogens with zero attached hydrogens (tertiary/aromatic N) is 2. The lowest BCUT2D eigenvalue weighted by atomic mass is 10.1. The highest BCUT2D eigenvalue weighted by Gasteiger charge is 2.36. The molecule has 1 aromatic rings. The third-order valence-electron chi connectivity index (χ3n) is 5.75. The van der Waals surface area contributed by atoms with E-state index in [0.717, 1.165) is 18.8 Å². The average molecular weight is 478 g/mol. The zero-order valence-corrected chi connectivity index (χ0v) is 20.4. The molecule has 0 aromatic heterocycles. The highest BCUT2D eigenvalue weighted by Crippen LogP contribution is 2.39. The van der Waals surface area contributed by atoms with Crippen molar-refractivity contribution in [1.29, 1.82) is 0 Å². The minimum atomic E-state index is -0.556. The fraction of sp³-hybridized carbons (Fsp3) is 0.625. The molecule has 2 saturated heterocycles. The van der Waals surface area contributed by atoms with Gasteiger partial charge in [-0.15, -0.1) is 0 Å². The Kier molecular flexibility index (Phi) is 8.98. The van der Waals surface area contributed by atoms with Crippen LogP contribution in [0.2, 0.25) is 0 Å². The fourth-order valence-corrected chi connectivity index (χ4v) is 4.07. The lowest BCUT2D eigenvalue weighted by molar-refractivity contribution is -0.151. The third-order valence-corrected chi connectivity index (χ3v) is 5.75. The summed E-state index contributed by atoms with van der Waals surface area (Å²) < 4.78 is 22.3. The van der Waals surface area contributed by atoms with Gasteiger partial charge in [0.25, 0.3) is 5.91 Å². The van der Waals surface area contributed by atoms with Crippen LogP contribution in [0.5, 0.6) is 11.5 Å².